The van der Waals surface area contributed by atoms with Gasteiger partial charge in [0, 0.05) is 44.3 Å². The van der Waals surface area contributed by atoms with Crippen LogP contribution in [0.2, 0.25) is 10.0 Å². The van der Waals surface area contributed by atoms with Gasteiger partial charge in [0.05, 0.1) is 16.0 Å². The Kier molecular flexibility index (Phi) is 5.87. The Morgan fingerprint density at radius 2 is 2.00 bits per heavy atom. The molecular weight excluding hydrogens is 361 g/mol. The van der Waals surface area contributed by atoms with Gasteiger partial charge in [-0.15, -0.1) is 0 Å². The zero-order valence-electron chi connectivity index (χ0n) is 14.3. The van der Waals surface area contributed by atoms with Crippen LogP contribution in [0.1, 0.15) is 30.1 Å². The Balaban J connectivity index is 1.68. The molecule has 1 unspecified atom stereocenters. The number of hydrogen-bond donors (Lipinski definition) is 1. The average molecular weight is 384 g/mol. The highest BCUT2D eigenvalue weighted by Gasteiger charge is 2.34. The van der Waals surface area contributed by atoms with Crippen molar-refractivity contribution in [1.82, 2.24) is 15.1 Å². The minimum atomic E-state index is -0.124. The van der Waals surface area contributed by atoms with Crippen molar-refractivity contribution in [3.63, 3.8) is 0 Å². The molecule has 0 aromatic heterocycles. The van der Waals surface area contributed by atoms with E-state index in [-0.39, 0.29) is 23.8 Å². The van der Waals surface area contributed by atoms with E-state index in [0.717, 1.165) is 32.5 Å². The van der Waals surface area contributed by atoms with E-state index >= 15 is 0 Å². The summed E-state index contributed by atoms with van der Waals surface area (Å²) in [6.45, 7) is 5.58. The second-order valence-corrected chi connectivity index (χ2v) is 7.62. The average Bonchev–Trinajstić information content (AvgIpc) is 2.63. The van der Waals surface area contributed by atoms with E-state index in [9.17, 15) is 9.59 Å². The Bertz CT molecular complexity index is 668. The molecule has 0 aliphatic carbocycles. The number of benzene rings is 1. The summed E-state index contributed by atoms with van der Waals surface area (Å²) in [5.41, 5.74) is 0.512. The number of piperidine rings is 1. The fourth-order valence-corrected chi connectivity index (χ4v) is 3.88. The number of nitrogens with zero attached hydrogens (tertiary/aromatic N) is 2. The monoisotopic (exact) mass is 383 g/mol. The molecule has 0 saturated carbocycles. The predicted molar refractivity (Wildman–Crippen MR) is 99.1 cm³/mol. The van der Waals surface area contributed by atoms with Crippen LogP contribution in [0.5, 0.6) is 0 Å². The van der Waals surface area contributed by atoms with Crippen LogP contribution >= 0.6 is 23.2 Å². The Labute approximate surface area is 158 Å². The molecule has 0 bridgehead atoms. The lowest BCUT2D eigenvalue weighted by atomic mass is 9.95. The van der Waals surface area contributed by atoms with Gasteiger partial charge in [0.15, 0.2) is 0 Å². The number of hydrogen-bond acceptors (Lipinski definition) is 3. The van der Waals surface area contributed by atoms with Crippen molar-refractivity contribution in [3.05, 3.63) is 33.8 Å². The molecular formula is C18H23Cl2N3O2. The summed E-state index contributed by atoms with van der Waals surface area (Å²) < 4.78 is 0. The van der Waals surface area contributed by atoms with Gasteiger partial charge >= 0.3 is 0 Å². The molecule has 5 nitrogen and oxygen atoms in total. The number of carbonyl (C=O) groups is 2. The van der Waals surface area contributed by atoms with Crippen LogP contribution in [0.15, 0.2) is 18.2 Å². The van der Waals surface area contributed by atoms with Gasteiger partial charge in [-0.25, -0.2) is 0 Å². The summed E-state index contributed by atoms with van der Waals surface area (Å²) >= 11 is 11.9. The first-order chi connectivity index (χ1) is 12.0. The van der Waals surface area contributed by atoms with E-state index in [1.165, 1.54) is 0 Å². The van der Waals surface area contributed by atoms with Gasteiger partial charge < -0.3 is 15.1 Å². The number of carbonyl (C=O) groups excluding carboxylic acids is 2. The summed E-state index contributed by atoms with van der Waals surface area (Å²) in [6.07, 6.45) is 1.67. The number of rotatable bonds is 2. The SMILES string of the molecule is C[C@@H]1CNCCN1C(=O)C1CCCN(C(=O)c2ccc(Cl)c(Cl)c2)C1. The maximum Gasteiger partial charge on any atom is 0.253 e. The second-order valence-electron chi connectivity index (χ2n) is 6.80. The van der Waals surface area contributed by atoms with Crippen LogP contribution in [0, 0.1) is 5.92 Å². The highest BCUT2D eigenvalue weighted by atomic mass is 35.5. The standard InChI is InChI=1S/C18H23Cl2N3O2/c1-12-10-21-6-8-23(12)18(25)14-3-2-7-22(11-14)17(24)13-4-5-15(19)16(20)9-13/h4-5,9,12,14,21H,2-3,6-8,10-11H2,1H3/t12-,14?/m1/s1. The molecule has 1 aromatic rings. The summed E-state index contributed by atoms with van der Waals surface area (Å²) in [5.74, 6) is -0.0499. The van der Waals surface area contributed by atoms with Gasteiger partial charge in [-0.05, 0) is 38.0 Å². The lowest BCUT2D eigenvalue weighted by Crippen LogP contribution is -2.55. The minimum Gasteiger partial charge on any atom is -0.338 e. The van der Waals surface area contributed by atoms with Gasteiger partial charge in [-0.2, -0.15) is 0 Å². The molecule has 3 rings (SSSR count). The van der Waals surface area contributed by atoms with Crippen LogP contribution in [0.4, 0.5) is 0 Å². The van der Waals surface area contributed by atoms with Crippen molar-refractivity contribution in [2.45, 2.75) is 25.8 Å². The Morgan fingerprint density at radius 3 is 2.72 bits per heavy atom. The van der Waals surface area contributed by atoms with Gasteiger partial charge in [0.1, 0.15) is 0 Å². The van der Waals surface area contributed by atoms with Crippen molar-refractivity contribution in [2.24, 2.45) is 5.92 Å². The minimum absolute atomic E-state index is 0.0931. The number of amides is 2. The van der Waals surface area contributed by atoms with Gasteiger partial charge in [-0.1, -0.05) is 23.2 Å². The smallest absolute Gasteiger partial charge is 0.253 e. The molecule has 2 aliphatic heterocycles. The first-order valence-electron chi connectivity index (χ1n) is 8.73. The number of piperazine rings is 1. The van der Waals surface area contributed by atoms with Crippen LogP contribution in [-0.2, 0) is 4.79 Å². The van der Waals surface area contributed by atoms with Gasteiger partial charge in [-0.3, -0.25) is 9.59 Å². The molecule has 25 heavy (non-hydrogen) atoms. The molecule has 2 saturated heterocycles. The summed E-state index contributed by atoms with van der Waals surface area (Å²) in [4.78, 5) is 29.4. The first-order valence-corrected chi connectivity index (χ1v) is 9.48. The summed E-state index contributed by atoms with van der Waals surface area (Å²) in [6, 6.07) is 5.10. The molecule has 1 N–H and O–H groups in total. The van der Waals surface area contributed by atoms with Crippen LogP contribution in [0.3, 0.4) is 0 Å². The zero-order valence-corrected chi connectivity index (χ0v) is 15.8. The molecule has 1 aromatic carbocycles. The van der Waals surface area contributed by atoms with Gasteiger partial charge in [0.2, 0.25) is 5.91 Å². The van der Waals surface area contributed by atoms with Crippen molar-refractivity contribution >= 4 is 35.0 Å². The number of halogens is 2. The third kappa shape index (κ3) is 4.10. The van der Waals surface area contributed by atoms with Crippen molar-refractivity contribution in [1.29, 1.82) is 0 Å². The topological polar surface area (TPSA) is 52.7 Å². The summed E-state index contributed by atoms with van der Waals surface area (Å²) in [7, 11) is 0. The van der Waals surface area contributed by atoms with Crippen LogP contribution in [0.25, 0.3) is 0 Å². The zero-order chi connectivity index (χ0) is 18.0. The third-order valence-electron chi connectivity index (χ3n) is 5.01. The molecule has 2 aliphatic rings. The van der Waals surface area contributed by atoms with Gasteiger partial charge in [0.25, 0.3) is 5.91 Å². The van der Waals surface area contributed by atoms with Crippen molar-refractivity contribution in [2.75, 3.05) is 32.7 Å². The lowest BCUT2D eigenvalue weighted by Gasteiger charge is -2.39. The second kappa shape index (κ2) is 7.94. The van der Waals surface area contributed by atoms with Crippen LogP contribution in [-0.4, -0.2) is 60.4 Å². The summed E-state index contributed by atoms with van der Waals surface area (Å²) in [5, 5.41) is 4.09. The first kappa shape index (κ1) is 18.5. The number of nitrogens with one attached hydrogen (secondary N) is 1. The van der Waals surface area contributed by atoms with E-state index in [1.54, 1.807) is 23.1 Å². The van der Waals surface area contributed by atoms with Crippen molar-refractivity contribution < 1.29 is 9.59 Å². The van der Waals surface area contributed by atoms with E-state index < -0.39 is 0 Å². The normalized spacial score (nSPS) is 24.3. The molecule has 0 spiro atoms. The fraction of sp³-hybridized carbons (Fsp3) is 0.556. The largest absolute Gasteiger partial charge is 0.338 e. The molecule has 7 heteroatoms. The van der Waals surface area contributed by atoms with Crippen LogP contribution < -0.4 is 5.32 Å². The Hall–Kier alpha value is -1.30. The highest BCUT2D eigenvalue weighted by Crippen LogP contribution is 2.26. The van der Waals surface area contributed by atoms with E-state index in [1.807, 2.05) is 4.90 Å². The fourth-order valence-electron chi connectivity index (χ4n) is 3.58. The quantitative estimate of drug-likeness (QED) is 0.853. The van der Waals surface area contributed by atoms with E-state index in [2.05, 4.69) is 12.2 Å². The highest BCUT2D eigenvalue weighted by molar-refractivity contribution is 6.42. The molecule has 0 radical (unpaired) electrons. The van der Waals surface area contributed by atoms with E-state index in [0.29, 0.717) is 28.7 Å². The number of likely N-dealkylation sites (tertiary alicyclic amines) is 1. The maximum absolute atomic E-state index is 12.9. The van der Waals surface area contributed by atoms with Crippen molar-refractivity contribution in [3.8, 4) is 0 Å². The molecule has 136 valence electrons. The van der Waals surface area contributed by atoms with E-state index in [4.69, 9.17) is 23.2 Å². The molecule has 2 heterocycles. The third-order valence-corrected chi connectivity index (χ3v) is 5.75. The lowest BCUT2D eigenvalue weighted by molar-refractivity contribution is -0.139. The Morgan fingerprint density at radius 1 is 1.20 bits per heavy atom. The molecule has 2 atom stereocenters. The predicted octanol–water partition coefficient (Wildman–Crippen LogP) is 2.67. The molecule has 2 fully saturated rings. The maximum atomic E-state index is 12.9. The molecule has 2 amide bonds.